The van der Waals surface area contributed by atoms with Crippen LogP contribution >= 0.6 is 0 Å². The highest BCUT2D eigenvalue weighted by Crippen LogP contribution is 2.43. The summed E-state index contributed by atoms with van der Waals surface area (Å²) in [7, 11) is 3.73. The van der Waals surface area contributed by atoms with E-state index in [9.17, 15) is 5.11 Å². The number of aromatic hydroxyl groups is 1. The van der Waals surface area contributed by atoms with Crippen LogP contribution in [0, 0.1) is 19.8 Å². The van der Waals surface area contributed by atoms with E-state index in [1.54, 1.807) is 7.11 Å². The maximum Gasteiger partial charge on any atom is 0.127 e. The molecule has 2 atom stereocenters. The molecule has 1 fully saturated rings. The van der Waals surface area contributed by atoms with Crippen LogP contribution in [-0.4, -0.2) is 37.3 Å². The molecule has 2 rings (SSSR count). The molecule has 0 saturated carbocycles. The average Bonchev–Trinajstić information content (AvgIpc) is 2.75. The molecule has 1 aliphatic heterocycles. The molecule has 4 heteroatoms. The zero-order chi connectivity index (χ0) is 14.2. The summed E-state index contributed by atoms with van der Waals surface area (Å²) in [6.45, 7) is 5.62. The largest absolute Gasteiger partial charge is 0.507 e. The number of benzene rings is 1. The van der Waals surface area contributed by atoms with Crippen LogP contribution in [0.25, 0.3) is 0 Å². The minimum atomic E-state index is 0.248. The second-order valence-electron chi connectivity index (χ2n) is 5.58. The molecule has 1 aromatic rings. The van der Waals surface area contributed by atoms with Gasteiger partial charge in [-0.05, 0) is 51.4 Å². The second kappa shape index (κ2) is 5.39. The van der Waals surface area contributed by atoms with Crippen LogP contribution in [0.5, 0.6) is 11.5 Å². The summed E-state index contributed by atoms with van der Waals surface area (Å²) in [6, 6.07) is 2.26. The minimum Gasteiger partial charge on any atom is -0.507 e. The summed E-state index contributed by atoms with van der Waals surface area (Å²) in [4.78, 5) is 2.28. The fourth-order valence-electron chi connectivity index (χ4n) is 3.13. The fourth-order valence-corrected chi connectivity index (χ4v) is 3.13. The first kappa shape index (κ1) is 14.2. The van der Waals surface area contributed by atoms with E-state index >= 15 is 0 Å². The molecule has 2 unspecified atom stereocenters. The highest BCUT2D eigenvalue weighted by Gasteiger charge is 2.33. The molecule has 1 saturated heterocycles. The van der Waals surface area contributed by atoms with E-state index in [2.05, 4.69) is 11.9 Å². The Hall–Kier alpha value is -1.26. The first-order chi connectivity index (χ1) is 8.99. The van der Waals surface area contributed by atoms with Crippen molar-refractivity contribution in [3.8, 4) is 11.5 Å². The van der Waals surface area contributed by atoms with Crippen LogP contribution in [0.15, 0.2) is 6.07 Å². The van der Waals surface area contributed by atoms with Gasteiger partial charge in [-0.3, -0.25) is 4.90 Å². The smallest absolute Gasteiger partial charge is 0.127 e. The van der Waals surface area contributed by atoms with Gasteiger partial charge in [0, 0.05) is 23.7 Å². The lowest BCUT2D eigenvalue weighted by atomic mass is 9.93. The molecule has 0 aromatic heterocycles. The number of methoxy groups -OCH3 is 1. The van der Waals surface area contributed by atoms with Gasteiger partial charge >= 0.3 is 0 Å². The van der Waals surface area contributed by atoms with Gasteiger partial charge in [0.1, 0.15) is 11.5 Å². The predicted octanol–water partition coefficient (Wildman–Crippen LogP) is 1.97. The van der Waals surface area contributed by atoms with E-state index in [4.69, 9.17) is 10.5 Å². The Kier molecular flexibility index (Phi) is 4.02. The number of aryl methyl sites for hydroxylation is 1. The fraction of sp³-hybridized carbons (Fsp3) is 0.600. The van der Waals surface area contributed by atoms with Gasteiger partial charge in [0.25, 0.3) is 0 Å². The molecular formula is C15H24N2O2. The molecule has 1 aromatic carbocycles. The molecule has 1 aliphatic rings. The Morgan fingerprint density at radius 3 is 2.68 bits per heavy atom. The number of nitrogens with zero attached hydrogens (tertiary/aromatic N) is 1. The van der Waals surface area contributed by atoms with E-state index < -0.39 is 0 Å². The summed E-state index contributed by atoms with van der Waals surface area (Å²) in [5, 5.41) is 10.5. The van der Waals surface area contributed by atoms with Crippen LogP contribution in [0.4, 0.5) is 0 Å². The number of hydrogen-bond acceptors (Lipinski definition) is 4. The summed E-state index contributed by atoms with van der Waals surface area (Å²) >= 11 is 0. The van der Waals surface area contributed by atoms with Crippen molar-refractivity contribution in [1.82, 2.24) is 4.90 Å². The lowest BCUT2D eigenvalue weighted by Gasteiger charge is -2.24. The van der Waals surface area contributed by atoms with E-state index in [0.29, 0.717) is 18.2 Å². The summed E-state index contributed by atoms with van der Waals surface area (Å²) in [6.07, 6.45) is 1.01. The van der Waals surface area contributed by atoms with Gasteiger partial charge in [0.15, 0.2) is 0 Å². The number of phenolic OH excluding ortho intramolecular Hbond substituents is 1. The van der Waals surface area contributed by atoms with Crippen molar-refractivity contribution in [2.45, 2.75) is 26.3 Å². The van der Waals surface area contributed by atoms with Crippen molar-refractivity contribution < 1.29 is 9.84 Å². The first-order valence-electron chi connectivity index (χ1n) is 6.76. The second-order valence-corrected chi connectivity index (χ2v) is 5.58. The maximum atomic E-state index is 10.5. The van der Waals surface area contributed by atoms with Crippen molar-refractivity contribution in [2.24, 2.45) is 11.7 Å². The quantitative estimate of drug-likeness (QED) is 0.876. The molecule has 0 radical (unpaired) electrons. The molecule has 0 spiro atoms. The molecule has 0 amide bonds. The van der Waals surface area contributed by atoms with E-state index in [-0.39, 0.29) is 6.04 Å². The highest BCUT2D eigenvalue weighted by molar-refractivity contribution is 5.53. The molecule has 4 nitrogen and oxygen atoms in total. The Labute approximate surface area is 115 Å². The Bertz CT molecular complexity index is 474. The SMILES string of the molecule is COc1cc(C)c(C2CC(CN)CN2C)c(O)c1C. The first-order valence-corrected chi connectivity index (χ1v) is 6.76. The molecule has 1 heterocycles. The lowest BCUT2D eigenvalue weighted by molar-refractivity contribution is 0.303. The van der Waals surface area contributed by atoms with E-state index in [1.165, 1.54) is 0 Å². The van der Waals surface area contributed by atoms with Crippen molar-refractivity contribution >= 4 is 0 Å². The monoisotopic (exact) mass is 264 g/mol. The third-order valence-electron chi connectivity index (χ3n) is 4.27. The van der Waals surface area contributed by atoms with Crippen LogP contribution in [0.1, 0.15) is 29.2 Å². The van der Waals surface area contributed by atoms with Crippen molar-refractivity contribution in [3.63, 3.8) is 0 Å². The molecule has 3 N–H and O–H groups in total. The van der Waals surface area contributed by atoms with Crippen LogP contribution in [0.2, 0.25) is 0 Å². The van der Waals surface area contributed by atoms with Gasteiger partial charge in [0.05, 0.1) is 7.11 Å². The third kappa shape index (κ3) is 2.42. The molecule has 0 bridgehead atoms. The Morgan fingerprint density at radius 2 is 2.16 bits per heavy atom. The highest BCUT2D eigenvalue weighted by atomic mass is 16.5. The maximum absolute atomic E-state index is 10.5. The molecule has 0 aliphatic carbocycles. The van der Waals surface area contributed by atoms with Gasteiger partial charge in [-0.1, -0.05) is 0 Å². The average molecular weight is 264 g/mol. The zero-order valence-electron chi connectivity index (χ0n) is 12.2. The van der Waals surface area contributed by atoms with Gasteiger partial charge in [-0.15, -0.1) is 0 Å². The third-order valence-corrected chi connectivity index (χ3v) is 4.27. The van der Waals surface area contributed by atoms with Crippen molar-refractivity contribution in [1.29, 1.82) is 0 Å². The molecular weight excluding hydrogens is 240 g/mol. The predicted molar refractivity (Wildman–Crippen MR) is 76.7 cm³/mol. The topological polar surface area (TPSA) is 58.7 Å². The van der Waals surface area contributed by atoms with Crippen molar-refractivity contribution in [2.75, 3.05) is 27.2 Å². The van der Waals surface area contributed by atoms with E-state index in [0.717, 1.165) is 35.4 Å². The van der Waals surface area contributed by atoms with E-state index in [1.807, 2.05) is 19.9 Å². The number of nitrogens with two attached hydrogens (primary N) is 1. The molecule has 106 valence electrons. The molecule has 19 heavy (non-hydrogen) atoms. The Balaban J connectivity index is 2.43. The number of likely N-dealkylation sites (tertiary alicyclic amines) is 1. The van der Waals surface area contributed by atoms with Crippen LogP contribution in [-0.2, 0) is 0 Å². The number of ether oxygens (including phenoxy) is 1. The summed E-state index contributed by atoms with van der Waals surface area (Å²) in [5.41, 5.74) is 8.69. The summed E-state index contributed by atoms with van der Waals surface area (Å²) in [5.74, 6) is 1.62. The number of phenols is 1. The van der Waals surface area contributed by atoms with Gasteiger partial charge in [-0.2, -0.15) is 0 Å². The zero-order valence-corrected chi connectivity index (χ0v) is 12.2. The standard InChI is InChI=1S/C15H24N2O2/c1-9-5-13(19-4)10(2)15(18)14(9)12-6-11(7-16)8-17(12)3/h5,11-12,18H,6-8,16H2,1-4H3. The normalized spacial score (nSPS) is 23.8. The van der Waals surface area contributed by atoms with Crippen molar-refractivity contribution in [3.05, 3.63) is 22.8 Å². The Morgan fingerprint density at radius 1 is 1.47 bits per heavy atom. The van der Waals surface area contributed by atoms with Crippen LogP contribution in [0.3, 0.4) is 0 Å². The number of rotatable bonds is 3. The number of hydrogen-bond donors (Lipinski definition) is 2. The van der Waals surface area contributed by atoms with Crippen LogP contribution < -0.4 is 10.5 Å². The summed E-state index contributed by atoms with van der Waals surface area (Å²) < 4.78 is 5.30. The lowest BCUT2D eigenvalue weighted by Crippen LogP contribution is -2.21. The minimum absolute atomic E-state index is 0.248. The van der Waals surface area contributed by atoms with Gasteiger partial charge in [0.2, 0.25) is 0 Å². The van der Waals surface area contributed by atoms with Gasteiger partial charge in [-0.25, -0.2) is 0 Å². The van der Waals surface area contributed by atoms with Gasteiger partial charge < -0.3 is 15.6 Å².